The Hall–Kier alpha value is -0.640. The Morgan fingerprint density at radius 1 is 1.78 bits per heavy atom. The summed E-state index contributed by atoms with van der Waals surface area (Å²) in [5, 5.41) is 9.65. The summed E-state index contributed by atoms with van der Waals surface area (Å²) in [5.74, 6) is 0.0850. The minimum absolute atomic E-state index is 0.0850. The van der Waals surface area contributed by atoms with Crippen molar-refractivity contribution in [3.05, 3.63) is 6.20 Å². The number of rotatable bonds is 1. The molecule has 0 aliphatic carbocycles. The predicted molar refractivity (Wildman–Crippen MR) is 36.7 cm³/mol. The molecular formula is C5H8N2OS. The molecule has 50 valence electrons. The molecule has 0 atom stereocenters. The van der Waals surface area contributed by atoms with E-state index in [1.165, 1.54) is 11.8 Å². The predicted octanol–water partition coefficient (Wildman–Crippen LogP) is 0.848. The van der Waals surface area contributed by atoms with Gasteiger partial charge in [-0.05, 0) is 6.26 Å². The van der Waals surface area contributed by atoms with Gasteiger partial charge < -0.3 is 9.67 Å². The molecule has 4 heteroatoms. The molecule has 1 aromatic rings. The van der Waals surface area contributed by atoms with Gasteiger partial charge in [-0.2, -0.15) is 4.98 Å². The molecule has 0 saturated carbocycles. The summed E-state index contributed by atoms with van der Waals surface area (Å²) in [4.78, 5) is 3.81. The number of thioether (sulfide) groups is 1. The number of aromatic hydroxyl groups is 1. The fourth-order valence-corrected chi connectivity index (χ4v) is 1.15. The van der Waals surface area contributed by atoms with Gasteiger partial charge in [0, 0.05) is 7.05 Å². The van der Waals surface area contributed by atoms with Crippen LogP contribution in [0.15, 0.2) is 11.4 Å². The second kappa shape index (κ2) is 2.31. The van der Waals surface area contributed by atoms with Crippen LogP contribution in [0.5, 0.6) is 5.88 Å². The van der Waals surface area contributed by atoms with Crippen molar-refractivity contribution < 1.29 is 5.11 Å². The van der Waals surface area contributed by atoms with Crippen molar-refractivity contribution in [1.82, 2.24) is 9.55 Å². The molecule has 0 radical (unpaired) electrons. The number of hydrogen-bond acceptors (Lipinski definition) is 3. The largest absolute Gasteiger partial charge is 0.492 e. The molecule has 0 bridgehead atoms. The van der Waals surface area contributed by atoms with Crippen LogP contribution in [0.3, 0.4) is 0 Å². The standard InChI is InChI=1S/C5H8N2OS/c1-7-3-4(8)6-5(7)9-2/h3,8H,1-2H3. The number of nitrogens with zero attached hydrogens (tertiary/aromatic N) is 2. The van der Waals surface area contributed by atoms with E-state index in [2.05, 4.69) is 4.98 Å². The van der Waals surface area contributed by atoms with Crippen LogP contribution in [0.2, 0.25) is 0 Å². The van der Waals surface area contributed by atoms with Gasteiger partial charge in [0.05, 0.1) is 6.20 Å². The lowest BCUT2D eigenvalue weighted by molar-refractivity contribution is 0.454. The first-order valence-corrected chi connectivity index (χ1v) is 3.73. The first-order chi connectivity index (χ1) is 4.24. The molecule has 0 aliphatic rings. The molecule has 0 spiro atoms. The van der Waals surface area contributed by atoms with Crippen LogP contribution in [0.4, 0.5) is 0 Å². The molecule has 1 N–H and O–H groups in total. The van der Waals surface area contributed by atoms with Crippen LogP contribution in [0.1, 0.15) is 0 Å². The van der Waals surface area contributed by atoms with E-state index in [4.69, 9.17) is 5.11 Å². The lowest BCUT2D eigenvalue weighted by Crippen LogP contribution is -1.85. The Morgan fingerprint density at radius 2 is 2.44 bits per heavy atom. The van der Waals surface area contributed by atoms with Crippen LogP contribution >= 0.6 is 11.8 Å². The van der Waals surface area contributed by atoms with Gasteiger partial charge in [0.2, 0.25) is 5.88 Å². The van der Waals surface area contributed by atoms with E-state index in [1.54, 1.807) is 10.8 Å². The normalized spacial score (nSPS) is 10.0. The third-order valence-corrected chi connectivity index (χ3v) is 1.75. The SMILES string of the molecule is CSc1nc(O)cn1C. The number of hydrogen-bond donors (Lipinski definition) is 1. The third-order valence-electron chi connectivity index (χ3n) is 1.00. The molecule has 0 amide bonds. The molecule has 0 aliphatic heterocycles. The Bertz CT molecular complexity index is 209. The summed E-state index contributed by atoms with van der Waals surface area (Å²) in [6, 6.07) is 0. The number of aryl methyl sites for hydroxylation is 1. The molecule has 0 aromatic carbocycles. The van der Waals surface area contributed by atoms with Gasteiger partial charge in [0.1, 0.15) is 0 Å². The highest BCUT2D eigenvalue weighted by atomic mass is 32.2. The summed E-state index contributed by atoms with van der Waals surface area (Å²) in [7, 11) is 1.85. The first kappa shape index (κ1) is 6.48. The van der Waals surface area contributed by atoms with Gasteiger partial charge in [0.25, 0.3) is 0 Å². The molecule has 3 nitrogen and oxygen atoms in total. The average molecular weight is 144 g/mol. The van der Waals surface area contributed by atoms with Crippen LogP contribution < -0.4 is 0 Å². The summed E-state index contributed by atoms with van der Waals surface area (Å²) in [6.07, 6.45) is 3.49. The van der Waals surface area contributed by atoms with Crippen molar-refractivity contribution in [2.24, 2.45) is 7.05 Å². The van der Waals surface area contributed by atoms with Gasteiger partial charge in [0.15, 0.2) is 5.16 Å². The molecule has 0 saturated heterocycles. The van der Waals surface area contributed by atoms with E-state index in [0.29, 0.717) is 0 Å². The fraction of sp³-hybridized carbons (Fsp3) is 0.400. The second-order valence-corrected chi connectivity index (χ2v) is 2.47. The maximum Gasteiger partial charge on any atom is 0.230 e. The Labute approximate surface area is 57.7 Å². The van der Waals surface area contributed by atoms with Gasteiger partial charge in [-0.25, -0.2) is 0 Å². The van der Waals surface area contributed by atoms with E-state index in [1.807, 2.05) is 13.3 Å². The maximum atomic E-state index is 8.82. The Kier molecular flexibility index (Phi) is 1.66. The van der Waals surface area contributed by atoms with Crippen molar-refractivity contribution in [1.29, 1.82) is 0 Å². The quantitative estimate of drug-likeness (QED) is 0.594. The summed E-state index contributed by atoms with van der Waals surface area (Å²) in [6.45, 7) is 0. The zero-order chi connectivity index (χ0) is 6.85. The zero-order valence-corrected chi connectivity index (χ0v) is 6.14. The third kappa shape index (κ3) is 1.18. The molecular weight excluding hydrogens is 136 g/mol. The average Bonchev–Trinajstić information content (AvgIpc) is 2.10. The molecule has 0 unspecified atom stereocenters. The first-order valence-electron chi connectivity index (χ1n) is 2.50. The van der Waals surface area contributed by atoms with Crippen LogP contribution in [0.25, 0.3) is 0 Å². The van der Waals surface area contributed by atoms with E-state index in [0.717, 1.165) is 5.16 Å². The summed E-state index contributed by atoms with van der Waals surface area (Å²) in [5.41, 5.74) is 0. The number of imidazole rings is 1. The summed E-state index contributed by atoms with van der Waals surface area (Å²) >= 11 is 1.51. The van der Waals surface area contributed by atoms with Crippen LogP contribution in [-0.4, -0.2) is 20.9 Å². The van der Waals surface area contributed by atoms with Gasteiger partial charge >= 0.3 is 0 Å². The second-order valence-electron chi connectivity index (χ2n) is 1.70. The fourth-order valence-electron chi connectivity index (χ4n) is 0.624. The van der Waals surface area contributed by atoms with Gasteiger partial charge in [-0.3, -0.25) is 0 Å². The minimum atomic E-state index is 0.0850. The molecule has 1 heterocycles. The monoisotopic (exact) mass is 144 g/mol. The van der Waals surface area contributed by atoms with Crippen molar-refractivity contribution in [3.8, 4) is 5.88 Å². The van der Waals surface area contributed by atoms with E-state index in [9.17, 15) is 0 Å². The lowest BCUT2D eigenvalue weighted by atomic mass is 10.8. The lowest BCUT2D eigenvalue weighted by Gasteiger charge is -1.91. The highest BCUT2D eigenvalue weighted by Crippen LogP contribution is 2.15. The van der Waals surface area contributed by atoms with Crippen LogP contribution in [-0.2, 0) is 7.05 Å². The van der Waals surface area contributed by atoms with Gasteiger partial charge in [-0.15, -0.1) is 0 Å². The van der Waals surface area contributed by atoms with Crippen molar-refractivity contribution in [2.45, 2.75) is 5.16 Å². The Balaban J connectivity index is 3.01. The minimum Gasteiger partial charge on any atom is -0.492 e. The summed E-state index contributed by atoms with van der Waals surface area (Å²) < 4.78 is 1.78. The zero-order valence-electron chi connectivity index (χ0n) is 5.33. The maximum absolute atomic E-state index is 8.82. The Morgan fingerprint density at radius 3 is 2.67 bits per heavy atom. The van der Waals surface area contributed by atoms with Gasteiger partial charge in [-0.1, -0.05) is 11.8 Å². The molecule has 1 rings (SSSR count). The van der Waals surface area contributed by atoms with Crippen molar-refractivity contribution >= 4 is 11.8 Å². The highest BCUT2D eigenvalue weighted by Gasteiger charge is 1.99. The topological polar surface area (TPSA) is 38.1 Å². The molecule has 0 fully saturated rings. The highest BCUT2D eigenvalue weighted by molar-refractivity contribution is 7.98. The van der Waals surface area contributed by atoms with Crippen LogP contribution in [0, 0.1) is 0 Å². The molecule has 9 heavy (non-hydrogen) atoms. The molecule has 1 aromatic heterocycles. The smallest absolute Gasteiger partial charge is 0.230 e. The van der Waals surface area contributed by atoms with E-state index < -0.39 is 0 Å². The number of aromatic nitrogens is 2. The van der Waals surface area contributed by atoms with Crippen molar-refractivity contribution in [3.63, 3.8) is 0 Å². The van der Waals surface area contributed by atoms with E-state index in [-0.39, 0.29) is 5.88 Å². The van der Waals surface area contributed by atoms with E-state index >= 15 is 0 Å². The van der Waals surface area contributed by atoms with Crippen molar-refractivity contribution in [2.75, 3.05) is 6.26 Å².